The summed E-state index contributed by atoms with van der Waals surface area (Å²) >= 11 is 0.693. The fraction of sp³-hybridized carbons (Fsp3) is 0.291. The molecule has 86 heavy (non-hydrogen) atoms. The van der Waals surface area contributed by atoms with Crippen molar-refractivity contribution in [2.24, 2.45) is 0 Å². The smallest absolute Gasteiger partial charge is 0.389 e. The lowest BCUT2D eigenvalue weighted by atomic mass is 9.96. The van der Waals surface area contributed by atoms with Gasteiger partial charge in [0, 0.05) is 29.5 Å². The van der Waals surface area contributed by atoms with Crippen LogP contribution in [0, 0.1) is 0 Å². The van der Waals surface area contributed by atoms with E-state index in [0.717, 1.165) is 41.3 Å². The number of amides is 1. The summed E-state index contributed by atoms with van der Waals surface area (Å²) in [7, 11) is -3.10. The Labute approximate surface area is 493 Å². The molecule has 0 saturated carbocycles. The van der Waals surface area contributed by atoms with E-state index in [1.54, 1.807) is 48.5 Å². The molecule has 5 aliphatic heterocycles. The molecule has 0 radical (unpaired) electrons. The Hall–Kier alpha value is -7.82. The van der Waals surface area contributed by atoms with Gasteiger partial charge in [0.05, 0.1) is 67.3 Å². The van der Waals surface area contributed by atoms with Gasteiger partial charge < -0.3 is 49.8 Å². The van der Waals surface area contributed by atoms with Crippen LogP contribution in [-0.2, 0) is 53.8 Å². The molecule has 6 N–H and O–H groups in total. The van der Waals surface area contributed by atoms with E-state index < -0.39 is 82.7 Å². The summed E-state index contributed by atoms with van der Waals surface area (Å²) in [6.07, 6.45) is -7.77. The number of nitrogen functional groups attached to an aromatic ring is 2. The second kappa shape index (κ2) is 23.5. The summed E-state index contributed by atoms with van der Waals surface area (Å²) in [6, 6.07) is 30.2. The van der Waals surface area contributed by atoms with Crippen molar-refractivity contribution >= 4 is 96.0 Å². The topological polar surface area (TPSA) is 299 Å². The zero-order chi connectivity index (χ0) is 59.4. The van der Waals surface area contributed by atoms with Gasteiger partial charge in [0.1, 0.15) is 59.9 Å². The highest BCUT2D eigenvalue weighted by molar-refractivity contribution is 8.54. The number of nitrogens with two attached hydrogens (primary N) is 2. The molecule has 0 spiro atoms. The van der Waals surface area contributed by atoms with Crippen LogP contribution in [0.2, 0.25) is 0 Å². The number of ether oxygens (including phenoxy) is 4. The lowest BCUT2D eigenvalue weighted by molar-refractivity contribution is -0.118. The summed E-state index contributed by atoms with van der Waals surface area (Å²) < 4.78 is 114. The number of fused-ring (bicyclic) bond motifs is 8. The number of aromatic nitrogens is 7. The van der Waals surface area contributed by atoms with Crippen molar-refractivity contribution in [2.75, 3.05) is 42.7 Å². The first-order chi connectivity index (χ1) is 41.6. The zero-order valence-corrected chi connectivity index (χ0v) is 48.4. The van der Waals surface area contributed by atoms with Crippen molar-refractivity contribution in [3.63, 3.8) is 0 Å². The highest BCUT2D eigenvalue weighted by Gasteiger charge is 2.55. The average molecular weight is 1230 g/mol. The quantitative estimate of drug-likeness (QED) is 0.0406. The largest absolute Gasteiger partial charge is 0.492 e. The van der Waals surface area contributed by atoms with Crippen LogP contribution in [0.4, 0.5) is 26.0 Å². The molecule has 1 amide bonds. The van der Waals surface area contributed by atoms with Gasteiger partial charge in [-0.25, -0.2) is 43.1 Å². The number of benzene rings is 4. The van der Waals surface area contributed by atoms with Gasteiger partial charge in [-0.15, -0.1) is 5.53 Å². The molecule has 31 heteroatoms. The summed E-state index contributed by atoms with van der Waals surface area (Å²) in [5, 5.41) is 1.95. The number of pyridine rings is 1. The standard InChI is InChI=1S/C55H54BF2N13O12P2S/c1-2-41(72)68-23-32-7-3-4-8-35(32)44-47(36-9-5-6-10-38(36)68)71(67-66-44)21-22-76-33-17-13-31(14-18-33)55(73)79-34-15-11-30(12-16-34)26-86-85(75)78-25-40-48(42(57)53(81-40)70-29-65-46-50(60)62-27-63-52(46)70)82-84(56,74)77-24-39-49(83-85)43(58)54(80-39)69-28-64-45-37(59)19-20-61-51(45)69/h3-20,27-29,39-40,42-43,48-49,53-54,66-67H,2,21-26,56H2,1H3,(H2,59,61)(H2,60,62,63)/t39-,40-,42-,43-,48-,49-,53-,54-,84-,85-/m1/s1. The minimum atomic E-state index is -4.57. The Kier molecular flexibility index (Phi) is 15.6. The molecule has 9 heterocycles. The maximum absolute atomic E-state index is 17.1. The normalized spacial score (nSPS) is 26.5. The Balaban J connectivity index is 0.683. The minimum Gasteiger partial charge on any atom is -0.492 e. The van der Waals surface area contributed by atoms with Gasteiger partial charge >= 0.3 is 12.8 Å². The minimum absolute atomic E-state index is 0.0124. The van der Waals surface area contributed by atoms with Crippen LogP contribution in [0.15, 0.2) is 128 Å². The summed E-state index contributed by atoms with van der Waals surface area (Å²) in [5.41, 5.74) is 26.0. The van der Waals surface area contributed by atoms with Gasteiger partial charge in [-0.2, -0.15) is 0 Å². The lowest BCUT2D eigenvalue weighted by Crippen LogP contribution is -2.40. The Morgan fingerprint density at radius 1 is 0.779 bits per heavy atom. The van der Waals surface area contributed by atoms with Crippen LogP contribution in [0.3, 0.4) is 0 Å². The maximum atomic E-state index is 17.1. The van der Waals surface area contributed by atoms with Crippen molar-refractivity contribution < 1.29 is 64.5 Å². The number of hydrogen-bond acceptors (Lipinski definition) is 23. The number of nitrogens with zero attached hydrogens (tertiary/aromatic N) is 9. The second-order valence-corrected chi connectivity index (χ2v) is 26.6. The van der Waals surface area contributed by atoms with Gasteiger partial charge in [-0.05, 0) is 71.0 Å². The van der Waals surface area contributed by atoms with Gasteiger partial charge in [0.2, 0.25) is 5.91 Å². The third-order valence-corrected chi connectivity index (χ3v) is 20.0. The van der Waals surface area contributed by atoms with Crippen molar-refractivity contribution in [2.45, 2.75) is 74.9 Å². The zero-order valence-electron chi connectivity index (χ0n) is 45.8. The van der Waals surface area contributed by atoms with Crippen molar-refractivity contribution in [1.82, 2.24) is 50.0 Å². The first kappa shape index (κ1) is 57.3. The van der Waals surface area contributed by atoms with Crippen LogP contribution in [0.25, 0.3) is 33.7 Å². The molecule has 0 bridgehead atoms. The highest BCUT2D eigenvalue weighted by atomic mass is 32.7. The molecule has 25 nitrogen and oxygen atoms in total. The fourth-order valence-electron chi connectivity index (χ4n) is 10.8. The monoisotopic (exact) mass is 1230 g/mol. The number of rotatable bonds is 12. The van der Waals surface area contributed by atoms with E-state index in [2.05, 4.69) is 35.9 Å². The van der Waals surface area contributed by atoms with Crippen LogP contribution in [-0.4, -0.2) is 122 Å². The van der Waals surface area contributed by atoms with E-state index in [9.17, 15) is 14.2 Å². The number of hydrogen-bond donors (Lipinski definition) is 4. The van der Waals surface area contributed by atoms with Crippen molar-refractivity contribution in [1.29, 1.82) is 0 Å². The molecule has 13 rings (SSSR count). The van der Waals surface area contributed by atoms with E-state index >= 15 is 13.3 Å². The van der Waals surface area contributed by atoms with Crippen LogP contribution < -0.4 is 36.8 Å². The lowest BCUT2D eigenvalue weighted by Gasteiger charge is -2.30. The number of carbonyl (C=O) groups excluding carboxylic acids is 2. The molecule has 10 atom stereocenters. The predicted octanol–water partition coefficient (Wildman–Crippen LogP) is 7.21. The number of carbonyl (C=O) groups is 2. The van der Waals surface area contributed by atoms with E-state index in [-0.39, 0.29) is 63.4 Å². The summed E-state index contributed by atoms with van der Waals surface area (Å²) in [4.78, 5) is 49.6. The molecule has 8 aromatic rings. The average Bonchev–Trinajstić information content (AvgIpc) is 2.70. The Morgan fingerprint density at radius 3 is 2.19 bits per heavy atom. The number of alkyl halides is 2. The van der Waals surface area contributed by atoms with E-state index in [1.165, 1.54) is 40.4 Å². The number of para-hydroxylation sites is 1. The first-order valence-corrected chi connectivity index (χ1v) is 32.4. The first-order valence-electron chi connectivity index (χ1n) is 27.2. The predicted molar refractivity (Wildman–Crippen MR) is 313 cm³/mol. The molecule has 0 aliphatic carbocycles. The molecule has 3 fully saturated rings. The summed E-state index contributed by atoms with van der Waals surface area (Å²) in [6.45, 7) is -2.94. The SMILES string of the molecule is B[P@@]1(=O)OC[C@H]2O[C@@H](n3cnc4c(N)ccnc43)[C@H](F)[C@@H]2O[P@](=O)(SCc2ccc(OC(=O)c3ccc(OCCN4NNC5=C4c4ccccc4N(C(=O)CC)Cc4ccccc45)cc3)cc2)OC[C@H]2O[C@@H](n3cnc4c(N)ncnc43)[C@H](F)[C@@H]2O1. The number of hydrazine groups is 2. The van der Waals surface area contributed by atoms with E-state index in [1.807, 2.05) is 65.4 Å². The molecule has 4 aromatic carbocycles. The number of halogens is 2. The van der Waals surface area contributed by atoms with Gasteiger partial charge in [0.25, 0.3) is 15.0 Å². The Bertz CT molecular complexity index is 4040. The molecule has 3 saturated heterocycles. The molecule has 4 aromatic heterocycles. The van der Waals surface area contributed by atoms with Crippen LogP contribution in [0.1, 0.15) is 58.4 Å². The molecular weight excluding hydrogens is 1180 g/mol. The number of anilines is 3. The molecular formula is C55H54BF2N13O12P2S. The van der Waals surface area contributed by atoms with E-state index in [4.69, 9.17) is 48.5 Å². The number of esters is 1. The van der Waals surface area contributed by atoms with Gasteiger partial charge in [-0.3, -0.25) is 32.6 Å². The number of nitrogens with one attached hydrogen (secondary N) is 2. The second-order valence-electron chi connectivity index (χ2n) is 20.6. The van der Waals surface area contributed by atoms with Crippen LogP contribution in [0.5, 0.6) is 11.5 Å². The van der Waals surface area contributed by atoms with Crippen LogP contribution >= 0.6 is 25.7 Å². The van der Waals surface area contributed by atoms with Gasteiger partial charge in [-0.1, -0.05) is 61.5 Å². The number of imidazole rings is 2. The highest BCUT2D eigenvalue weighted by Crippen LogP contribution is 2.65. The Morgan fingerprint density at radius 2 is 1.44 bits per heavy atom. The third kappa shape index (κ3) is 11.1. The fourth-order valence-corrected chi connectivity index (χ4v) is 15.4. The van der Waals surface area contributed by atoms with Crippen molar-refractivity contribution in [3.05, 3.63) is 156 Å². The van der Waals surface area contributed by atoms with Crippen molar-refractivity contribution in [3.8, 4) is 11.5 Å². The van der Waals surface area contributed by atoms with E-state index in [0.29, 0.717) is 42.2 Å². The summed E-state index contributed by atoms with van der Waals surface area (Å²) in [5.74, 6) is 0.0498. The molecule has 444 valence electrons. The molecule has 5 aliphatic rings. The maximum Gasteiger partial charge on any atom is 0.389 e. The third-order valence-electron chi connectivity index (χ3n) is 15.1. The van der Waals surface area contributed by atoms with Gasteiger partial charge in [0.15, 0.2) is 41.9 Å². The molecule has 0 unspecified atom stereocenters.